The van der Waals surface area contributed by atoms with E-state index in [9.17, 15) is 14.4 Å². The van der Waals surface area contributed by atoms with Gasteiger partial charge >= 0.3 is 0 Å². The Balaban J connectivity index is 1.62. The van der Waals surface area contributed by atoms with Crippen molar-refractivity contribution in [1.29, 1.82) is 5.26 Å². The largest absolute Gasteiger partial charge is 0.314 e. The van der Waals surface area contributed by atoms with Gasteiger partial charge in [-0.05, 0) is 61.9 Å². The van der Waals surface area contributed by atoms with Gasteiger partial charge in [-0.1, -0.05) is 6.92 Å². The number of nitrogens with zero attached hydrogens (tertiary/aromatic N) is 7. The molecule has 2 aromatic carbocycles. The van der Waals surface area contributed by atoms with E-state index in [4.69, 9.17) is 4.98 Å². The number of ketones is 1. The molecule has 9 heteroatoms. The Morgan fingerprint density at radius 2 is 1.85 bits per heavy atom. The molecule has 34 heavy (non-hydrogen) atoms. The molecule has 1 aliphatic rings. The molecule has 0 radical (unpaired) electrons. The van der Waals surface area contributed by atoms with Crippen LogP contribution in [-0.4, -0.2) is 30.5 Å². The quantitative estimate of drug-likeness (QED) is 0.413. The number of fused-ring (bicyclic) bond motifs is 3. The third-order valence-corrected chi connectivity index (χ3v) is 5.89. The predicted molar refractivity (Wildman–Crippen MR) is 122 cm³/mol. The van der Waals surface area contributed by atoms with E-state index in [1.807, 2.05) is 23.6 Å². The Bertz CT molecular complexity index is 1420. The minimum atomic E-state index is -0.397. The Kier molecular flexibility index (Phi) is 5.34. The van der Waals surface area contributed by atoms with Gasteiger partial charge in [0.15, 0.2) is 17.4 Å². The SMILES string of the molecule is CCC1c2nncn2-c2c(C)nc(CC(=O)c3ccc(F)cc3)nc2N1c1ccc(C#N)cc1. The lowest BCUT2D eigenvalue weighted by Gasteiger charge is -2.37. The number of hydrogen-bond acceptors (Lipinski definition) is 7. The van der Waals surface area contributed by atoms with E-state index in [0.29, 0.717) is 28.5 Å². The van der Waals surface area contributed by atoms with Crippen LogP contribution in [0.4, 0.5) is 15.9 Å². The van der Waals surface area contributed by atoms with E-state index >= 15 is 0 Å². The normalized spacial score (nSPS) is 14.3. The van der Waals surface area contributed by atoms with Gasteiger partial charge in [0.1, 0.15) is 23.7 Å². The number of Topliss-reactive ketones (excluding diaryl/α,β-unsaturated/α-hetero) is 1. The average molecular weight is 453 g/mol. The first kappa shape index (κ1) is 21.4. The number of benzene rings is 2. The van der Waals surface area contributed by atoms with Crippen molar-refractivity contribution in [3.63, 3.8) is 0 Å². The fraction of sp³-hybridized carbons (Fsp3) is 0.200. The molecule has 0 bridgehead atoms. The van der Waals surface area contributed by atoms with Crippen LogP contribution < -0.4 is 4.90 Å². The van der Waals surface area contributed by atoms with E-state index in [1.165, 1.54) is 24.3 Å². The molecule has 3 heterocycles. The van der Waals surface area contributed by atoms with E-state index in [2.05, 4.69) is 33.1 Å². The average Bonchev–Trinajstić information content (AvgIpc) is 3.33. The summed E-state index contributed by atoms with van der Waals surface area (Å²) in [6.07, 6.45) is 2.35. The summed E-state index contributed by atoms with van der Waals surface area (Å²) in [7, 11) is 0. The number of nitriles is 1. The number of aryl methyl sites for hydroxylation is 1. The van der Waals surface area contributed by atoms with Gasteiger partial charge in [-0.15, -0.1) is 10.2 Å². The molecule has 4 aromatic rings. The molecule has 2 aromatic heterocycles. The van der Waals surface area contributed by atoms with Crippen molar-refractivity contribution < 1.29 is 9.18 Å². The summed E-state index contributed by atoms with van der Waals surface area (Å²) in [5.74, 6) is 1.18. The zero-order valence-corrected chi connectivity index (χ0v) is 18.6. The summed E-state index contributed by atoms with van der Waals surface area (Å²) in [5, 5.41) is 17.7. The van der Waals surface area contributed by atoms with Crippen LogP contribution in [0, 0.1) is 24.1 Å². The van der Waals surface area contributed by atoms with Gasteiger partial charge in [-0.2, -0.15) is 5.26 Å². The molecule has 1 atom stereocenters. The summed E-state index contributed by atoms with van der Waals surface area (Å²) in [6.45, 7) is 3.91. The number of carbonyl (C=O) groups is 1. The molecule has 0 fully saturated rings. The van der Waals surface area contributed by atoms with Crippen molar-refractivity contribution in [3.8, 4) is 11.8 Å². The molecule has 168 valence electrons. The van der Waals surface area contributed by atoms with Gasteiger partial charge in [0.2, 0.25) is 0 Å². The lowest BCUT2D eigenvalue weighted by atomic mass is 10.1. The molecule has 0 saturated carbocycles. The van der Waals surface area contributed by atoms with Gasteiger partial charge in [0, 0.05) is 11.3 Å². The van der Waals surface area contributed by atoms with Crippen molar-refractivity contribution >= 4 is 17.3 Å². The highest BCUT2D eigenvalue weighted by Crippen LogP contribution is 2.43. The summed E-state index contributed by atoms with van der Waals surface area (Å²) in [6, 6.07) is 14.7. The second-order valence-electron chi connectivity index (χ2n) is 8.02. The Hall–Kier alpha value is -4.45. The van der Waals surface area contributed by atoms with Crippen LogP contribution >= 0.6 is 0 Å². The summed E-state index contributed by atoms with van der Waals surface area (Å²) < 4.78 is 15.2. The maximum atomic E-state index is 13.3. The molecule has 0 saturated heterocycles. The molecule has 0 spiro atoms. The fourth-order valence-electron chi connectivity index (χ4n) is 4.29. The minimum Gasteiger partial charge on any atom is -0.314 e. The second-order valence-corrected chi connectivity index (χ2v) is 8.02. The summed E-state index contributed by atoms with van der Waals surface area (Å²) in [4.78, 5) is 24.3. The highest BCUT2D eigenvalue weighted by Gasteiger charge is 2.36. The monoisotopic (exact) mass is 453 g/mol. The Morgan fingerprint density at radius 1 is 1.12 bits per heavy atom. The molecule has 8 nitrogen and oxygen atoms in total. The highest BCUT2D eigenvalue weighted by molar-refractivity contribution is 5.97. The molecule has 5 rings (SSSR count). The number of halogens is 1. The number of carbonyl (C=O) groups excluding carboxylic acids is 1. The van der Waals surface area contributed by atoms with Gasteiger partial charge in [-0.25, -0.2) is 14.4 Å². The predicted octanol–water partition coefficient (Wildman–Crippen LogP) is 4.40. The third-order valence-electron chi connectivity index (χ3n) is 5.89. The van der Waals surface area contributed by atoms with Gasteiger partial charge in [0.05, 0.1) is 29.8 Å². The van der Waals surface area contributed by atoms with Crippen LogP contribution in [0.15, 0.2) is 54.9 Å². The van der Waals surface area contributed by atoms with E-state index in [1.54, 1.807) is 18.5 Å². The van der Waals surface area contributed by atoms with Crippen LogP contribution in [-0.2, 0) is 6.42 Å². The van der Waals surface area contributed by atoms with Gasteiger partial charge in [-0.3, -0.25) is 9.36 Å². The zero-order chi connectivity index (χ0) is 23.8. The summed E-state index contributed by atoms with van der Waals surface area (Å²) >= 11 is 0. The van der Waals surface area contributed by atoms with Crippen molar-refractivity contribution in [2.45, 2.75) is 32.7 Å². The lowest BCUT2D eigenvalue weighted by Crippen LogP contribution is -2.33. The first-order valence-corrected chi connectivity index (χ1v) is 10.9. The smallest absolute Gasteiger partial charge is 0.170 e. The van der Waals surface area contributed by atoms with Gasteiger partial charge < -0.3 is 4.90 Å². The highest BCUT2D eigenvalue weighted by atomic mass is 19.1. The molecule has 0 N–H and O–H groups in total. The molecular formula is C25H20FN7O. The number of anilines is 2. The van der Waals surface area contributed by atoms with Crippen molar-refractivity contribution in [2.75, 3.05) is 4.90 Å². The van der Waals surface area contributed by atoms with Crippen LogP contribution in [0.2, 0.25) is 0 Å². The molecule has 1 aliphatic heterocycles. The van der Waals surface area contributed by atoms with Gasteiger partial charge in [0.25, 0.3) is 0 Å². The maximum Gasteiger partial charge on any atom is 0.170 e. The third kappa shape index (κ3) is 3.59. The van der Waals surface area contributed by atoms with Crippen LogP contribution in [0.1, 0.15) is 52.7 Å². The van der Waals surface area contributed by atoms with Crippen LogP contribution in [0.3, 0.4) is 0 Å². The van der Waals surface area contributed by atoms with E-state index in [-0.39, 0.29) is 18.2 Å². The Labute approximate surface area is 195 Å². The molecule has 0 amide bonds. The van der Waals surface area contributed by atoms with Crippen LogP contribution in [0.25, 0.3) is 5.69 Å². The van der Waals surface area contributed by atoms with Crippen LogP contribution in [0.5, 0.6) is 0 Å². The molecule has 1 unspecified atom stereocenters. The zero-order valence-electron chi connectivity index (χ0n) is 18.6. The van der Waals surface area contributed by atoms with E-state index in [0.717, 1.165) is 23.6 Å². The summed E-state index contributed by atoms with van der Waals surface area (Å²) in [5.41, 5.74) is 3.22. The first-order chi connectivity index (χ1) is 16.5. The standard InChI is InChI=1S/C25H20FN7O/c1-3-20-24-31-28-14-32(24)23-15(2)29-22(12-21(34)17-6-8-18(26)9-7-17)30-25(23)33(20)19-10-4-16(13-27)5-11-19/h4-11,14,20H,3,12H2,1-2H3. The van der Waals surface area contributed by atoms with Crippen molar-refractivity contribution in [3.05, 3.63) is 89.1 Å². The van der Waals surface area contributed by atoms with Crippen molar-refractivity contribution in [2.24, 2.45) is 0 Å². The van der Waals surface area contributed by atoms with Crippen molar-refractivity contribution in [1.82, 2.24) is 24.7 Å². The number of aromatic nitrogens is 5. The molecule has 0 aliphatic carbocycles. The lowest BCUT2D eigenvalue weighted by molar-refractivity contribution is 0.0990. The fourth-order valence-corrected chi connectivity index (χ4v) is 4.29. The maximum absolute atomic E-state index is 13.3. The topological polar surface area (TPSA) is 101 Å². The van der Waals surface area contributed by atoms with E-state index < -0.39 is 5.82 Å². The number of hydrogen-bond donors (Lipinski definition) is 0. The second kappa shape index (κ2) is 8.48. The first-order valence-electron chi connectivity index (χ1n) is 10.9. The number of rotatable bonds is 5. The minimum absolute atomic E-state index is 0.0210. The Morgan fingerprint density at radius 3 is 2.53 bits per heavy atom. The molecular weight excluding hydrogens is 433 g/mol.